The zero-order chi connectivity index (χ0) is 10.0. The lowest BCUT2D eigenvalue weighted by Gasteiger charge is -2.22. The molecule has 2 rings (SSSR count). The van der Waals surface area contributed by atoms with Crippen molar-refractivity contribution in [2.24, 2.45) is 11.3 Å². The molecule has 1 saturated heterocycles. The van der Waals surface area contributed by atoms with Crippen LogP contribution in [0.25, 0.3) is 0 Å². The first-order valence-corrected chi connectivity index (χ1v) is 5.68. The van der Waals surface area contributed by atoms with E-state index in [0.29, 0.717) is 5.41 Å². The number of hydrogen-bond donors (Lipinski definition) is 2. The number of rotatable bonds is 3. The molecule has 3 heteroatoms. The summed E-state index contributed by atoms with van der Waals surface area (Å²) in [6.07, 6.45) is 4.73. The van der Waals surface area contributed by atoms with Gasteiger partial charge in [-0.25, -0.2) is 0 Å². The molecular formula is C11H20N2O. The predicted octanol–water partition coefficient (Wildman–Crippen LogP) is 0.902. The predicted molar refractivity (Wildman–Crippen MR) is 55.9 cm³/mol. The van der Waals surface area contributed by atoms with Crippen LogP contribution in [-0.2, 0) is 4.79 Å². The smallest absolute Gasteiger partial charge is 0.224 e. The van der Waals surface area contributed by atoms with E-state index >= 15 is 0 Å². The Balaban J connectivity index is 1.71. The number of piperidine rings is 1. The Morgan fingerprint density at radius 1 is 1.57 bits per heavy atom. The number of carbonyl (C=O) groups excluding carboxylic acids is 1. The Labute approximate surface area is 85.6 Å². The Morgan fingerprint density at radius 3 is 2.93 bits per heavy atom. The van der Waals surface area contributed by atoms with Crippen LogP contribution in [0.1, 0.15) is 32.6 Å². The lowest BCUT2D eigenvalue weighted by atomic mass is 9.98. The summed E-state index contributed by atoms with van der Waals surface area (Å²) < 4.78 is 0. The second-order valence-electron chi connectivity index (χ2n) is 5.07. The minimum Gasteiger partial charge on any atom is -0.355 e. The topological polar surface area (TPSA) is 41.1 Å². The van der Waals surface area contributed by atoms with Crippen molar-refractivity contribution in [3.05, 3.63) is 0 Å². The van der Waals surface area contributed by atoms with E-state index in [1.165, 1.54) is 12.8 Å². The van der Waals surface area contributed by atoms with E-state index in [0.717, 1.165) is 32.5 Å². The first-order chi connectivity index (χ1) is 6.70. The Hall–Kier alpha value is -0.570. The molecule has 3 nitrogen and oxygen atoms in total. The van der Waals surface area contributed by atoms with Crippen molar-refractivity contribution in [3.8, 4) is 0 Å². The summed E-state index contributed by atoms with van der Waals surface area (Å²) in [4.78, 5) is 11.7. The van der Waals surface area contributed by atoms with Crippen LogP contribution in [0.5, 0.6) is 0 Å². The number of amides is 1. The minimum atomic E-state index is 0.214. The maximum atomic E-state index is 11.7. The third kappa shape index (κ3) is 2.47. The second-order valence-corrected chi connectivity index (χ2v) is 5.07. The van der Waals surface area contributed by atoms with Crippen molar-refractivity contribution < 1.29 is 4.79 Å². The van der Waals surface area contributed by atoms with Crippen LogP contribution in [0.2, 0.25) is 0 Å². The molecule has 0 unspecified atom stereocenters. The van der Waals surface area contributed by atoms with Gasteiger partial charge in [0.1, 0.15) is 0 Å². The molecule has 14 heavy (non-hydrogen) atoms. The van der Waals surface area contributed by atoms with Gasteiger partial charge in [-0.2, -0.15) is 0 Å². The average Bonchev–Trinajstić information content (AvgIpc) is 2.95. The lowest BCUT2D eigenvalue weighted by molar-refractivity contribution is -0.125. The summed E-state index contributed by atoms with van der Waals surface area (Å²) in [5.74, 6) is 0.469. The van der Waals surface area contributed by atoms with Gasteiger partial charge in [-0.05, 0) is 37.6 Å². The van der Waals surface area contributed by atoms with Crippen molar-refractivity contribution >= 4 is 5.91 Å². The van der Waals surface area contributed by atoms with Crippen LogP contribution in [0.15, 0.2) is 0 Å². The van der Waals surface area contributed by atoms with Gasteiger partial charge in [-0.1, -0.05) is 6.92 Å². The van der Waals surface area contributed by atoms with E-state index in [-0.39, 0.29) is 11.8 Å². The number of carbonyl (C=O) groups is 1. The highest BCUT2D eigenvalue weighted by atomic mass is 16.1. The highest BCUT2D eigenvalue weighted by Crippen LogP contribution is 2.44. The molecule has 1 aliphatic carbocycles. The van der Waals surface area contributed by atoms with Crippen LogP contribution in [-0.4, -0.2) is 25.5 Å². The first kappa shape index (κ1) is 9.97. The summed E-state index contributed by atoms with van der Waals surface area (Å²) in [6.45, 7) is 5.05. The highest BCUT2D eigenvalue weighted by molar-refractivity contribution is 5.79. The largest absolute Gasteiger partial charge is 0.355 e. The van der Waals surface area contributed by atoms with Crippen LogP contribution in [0, 0.1) is 11.3 Å². The first-order valence-electron chi connectivity index (χ1n) is 5.68. The van der Waals surface area contributed by atoms with Crippen LogP contribution >= 0.6 is 0 Å². The Kier molecular flexibility index (Phi) is 2.77. The molecule has 2 N–H and O–H groups in total. The van der Waals surface area contributed by atoms with Gasteiger partial charge in [0, 0.05) is 13.1 Å². The van der Waals surface area contributed by atoms with E-state index in [2.05, 4.69) is 17.6 Å². The van der Waals surface area contributed by atoms with Crippen molar-refractivity contribution in [1.82, 2.24) is 10.6 Å². The molecule has 0 aromatic rings. The molecule has 1 aliphatic heterocycles. The third-order valence-corrected chi connectivity index (χ3v) is 3.46. The van der Waals surface area contributed by atoms with Crippen LogP contribution < -0.4 is 10.6 Å². The summed E-state index contributed by atoms with van der Waals surface area (Å²) in [6, 6.07) is 0. The fourth-order valence-electron chi connectivity index (χ4n) is 1.91. The maximum absolute atomic E-state index is 11.7. The number of hydrogen-bond acceptors (Lipinski definition) is 2. The summed E-state index contributed by atoms with van der Waals surface area (Å²) in [5, 5.41) is 6.34. The highest BCUT2D eigenvalue weighted by Gasteiger charge is 2.37. The average molecular weight is 196 g/mol. The zero-order valence-electron chi connectivity index (χ0n) is 8.94. The lowest BCUT2D eigenvalue weighted by Crippen LogP contribution is -2.41. The van der Waals surface area contributed by atoms with E-state index in [1.54, 1.807) is 0 Å². The summed E-state index contributed by atoms with van der Waals surface area (Å²) >= 11 is 0. The van der Waals surface area contributed by atoms with Crippen LogP contribution in [0.3, 0.4) is 0 Å². The van der Waals surface area contributed by atoms with Gasteiger partial charge in [0.25, 0.3) is 0 Å². The molecule has 1 amide bonds. The number of nitrogens with one attached hydrogen (secondary N) is 2. The molecular weight excluding hydrogens is 176 g/mol. The van der Waals surface area contributed by atoms with Gasteiger partial charge in [0.2, 0.25) is 5.91 Å². The third-order valence-electron chi connectivity index (χ3n) is 3.46. The van der Waals surface area contributed by atoms with Gasteiger partial charge in [-0.3, -0.25) is 4.79 Å². The minimum absolute atomic E-state index is 0.214. The van der Waals surface area contributed by atoms with Gasteiger partial charge < -0.3 is 10.6 Å². The molecule has 80 valence electrons. The van der Waals surface area contributed by atoms with Crippen molar-refractivity contribution in [3.63, 3.8) is 0 Å². The second kappa shape index (κ2) is 3.89. The molecule has 0 spiro atoms. The molecule has 0 aromatic heterocycles. The molecule has 1 heterocycles. The van der Waals surface area contributed by atoms with Gasteiger partial charge in [0.15, 0.2) is 0 Å². The van der Waals surface area contributed by atoms with E-state index < -0.39 is 0 Å². The van der Waals surface area contributed by atoms with Crippen molar-refractivity contribution in [2.75, 3.05) is 19.6 Å². The van der Waals surface area contributed by atoms with E-state index in [9.17, 15) is 4.79 Å². The van der Waals surface area contributed by atoms with Crippen molar-refractivity contribution in [1.29, 1.82) is 0 Å². The Morgan fingerprint density at radius 2 is 2.36 bits per heavy atom. The van der Waals surface area contributed by atoms with E-state index in [1.807, 2.05) is 0 Å². The summed E-state index contributed by atoms with van der Waals surface area (Å²) in [5.41, 5.74) is 0.428. The standard InChI is InChI=1S/C11H20N2O/c1-11(4-5-11)8-13-10(14)9-3-2-6-12-7-9/h9,12H,2-8H2,1H3,(H,13,14)/t9-/m1/s1. The molecule has 2 fully saturated rings. The van der Waals surface area contributed by atoms with E-state index in [4.69, 9.17) is 0 Å². The molecule has 0 bridgehead atoms. The quantitative estimate of drug-likeness (QED) is 0.704. The van der Waals surface area contributed by atoms with Crippen molar-refractivity contribution in [2.45, 2.75) is 32.6 Å². The monoisotopic (exact) mass is 196 g/mol. The normalized spacial score (nSPS) is 29.6. The fraction of sp³-hybridized carbons (Fsp3) is 0.909. The maximum Gasteiger partial charge on any atom is 0.224 e. The van der Waals surface area contributed by atoms with Crippen LogP contribution in [0.4, 0.5) is 0 Å². The molecule has 0 radical (unpaired) electrons. The molecule has 2 aliphatic rings. The Bertz CT molecular complexity index is 217. The zero-order valence-corrected chi connectivity index (χ0v) is 8.94. The summed E-state index contributed by atoms with van der Waals surface area (Å²) in [7, 11) is 0. The fourth-order valence-corrected chi connectivity index (χ4v) is 1.91. The molecule has 1 atom stereocenters. The molecule has 0 aromatic carbocycles. The molecule has 1 saturated carbocycles. The van der Waals surface area contributed by atoms with Gasteiger partial charge >= 0.3 is 0 Å². The van der Waals surface area contributed by atoms with Gasteiger partial charge in [0.05, 0.1) is 5.92 Å². The van der Waals surface area contributed by atoms with Gasteiger partial charge in [-0.15, -0.1) is 0 Å². The SMILES string of the molecule is CC1(CNC(=O)[C@@H]2CCCNC2)CC1.